The lowest BCUT2D eigenvalue weighted by Crippen LogP contribution is -2.44. The van der Waals surface area contributed by atoms with Crippen LogP contribution in [0.5, 0.6) is 11.5 Å². The second-order valence-corrected chi connectivity index (χ2v) is 9.59. The second-order valence-electron chi connectivity index (χ2n) is 9.59. The normalized spacial score (nSPS) is 19.2. The Bertz CT molecular complexity index is 1170. The number of likely N-dealkylation sites (tertiary alicyclic amines) is 1. The largest absolute Gasteiger partial charge is 0.497 e. The third-order valence-electron chi connectivity index (χ3n) is 7.42. The highest BCUT2D eigenvalue weighted by Gasteiger charge is 2.34. The molecular formula is C29H36N2O5. The van der Waals surface area contributed by atoms with Gasteiger partial charge < -0.3 is 24.6 Å². The van der Waals surface area contributed by atoms with Gasteiger partial charge in [0.1, 0.15) is 11.5 Å². The van der Waals surface area contributed by atoms with Crippen LogP contribution in [0.3, 0.4) is 0 Å². The van der Waals surface area contributed by atoms with Crippen LogP contribution in [0.25, 0.3) is 10.9 Å². The van der Waals surface area contributed by atoms with Gasteiger partial charge in [-0.3, -0.25) is 9.78 Å². The SMILES string of the molecule is COc1ccc2nccc(C(O)CC[C@@H]3CCN(CCCc4ccccc4OC)C[C@@H]3C(=O)O)c2c1. The van der Waals surface area contributed by atoms with Crippen molar-refractivity contribution >= 4 is 16.9 Å². The van der Waals surface area contributed by atoms with Crippen molar-refractivity contribution in [3.8, 4) is 11.5 Å². The fourth-order valence-corrected chi connectivity index (χ4v) is 5.39. The van der Waals surface area contributed by atoms with Crippen LogP contribution in [0.2, 0.25) is 0 Å². The molecular weight excluding hydrogens is 456 g/mol. The summed E-state index contributed by atoms with van der Waals surface area (Å²) in [6.45, 7) is 2.30. The monoisotopic (exact) mass is 492 g/mol. The quantitative estimate of drug-likeness (QED) is 0.400. The summed E-state index contributed by atoms with van der Waals surface area (Å²) in [6, 6.07) is 15.5. The fraction of sp³-hybridized carbons (Fsp3) is 0.448. The van der Waals surface area contributed by atoms with Crippen molar-refractivity contribution in [1.29, 1.82) is 0 Å². The lowest BCUT2D eigenvalue weighted by molar-refractivity contribution is -0.146. The number of fused-ring (bicyclic) bond motifs is 1. The van der Waals surface area contributed by atoms with Crippen molar-refractivity contribution in [2.24, 2.45) is 11.8 Å². The first-order chi connectivity index (χ1) is 17.5. The second kappa shape index (κ2) is 12.2. The summed E-state index contributed by atoms with van der Waals surface area (Å²) in [4.78, 5) is 18.8. The van der Waals surface area contributed by atoms with Crippen LogP contribution in [0.15, 0.2) is 54.7 Å². The van der Waals surface area contributed by atoms with Gasteiger partial charge in [-0.15, -0.1) is 0 Å². The molecule has 192 valence electrons. The average molecular weight is 493 g/mol. The Morgan fingerprint density at radius 3 is 2.78 bits per heavy atom. The minimum atomic E-state index is -0.747. The highest BCUT2D eigenvalue weighted by molar-refractivity contribution is 5.83. The molecule has 3 atom stereocenters. The zero-order chi connectivity index (χ0) is 25.5. The van der Waals surface area contributed by atoms with Gasteiger partial charge in [-0.05, 0) is 92.6 Å². The molecule has 0 spiro atoms. The molecule has 1 aromatic heterocycles. The van der Waals surface area contributed by atoms with Crippen LogP contribution in [0.1, 0.15) is 42.9 Å². The number of aromatic nitrogens is 1. The molecule has 7 nitrogen and oxygen atoms in total. The van der Waals surface area contributed by atoms with Crippen LogP contribution < -0.4 is 9.47 Å². The Morgan fingerprint density at radius 2 is 2.00 bits per heavy atom. The Kier molecular flexibility index (Phi) is 8.78. The molecule has 2 heterocycles. The summed E-state index contributed by atoms with van der Waals surface area (Å²) < 4.78 is 10.8. The first kappa shape index (κ1) is 25.9. The summed E-state index contributed by atoms with van der Waals surface area (Å²) in [5, 5.41) is 21.8. The minimum absolute atomic E-state index is 0.0465. The molecule has 0 aliphatic carbocycles. The topological polar surface area (TPSA) is 92.1 Å². The first-order valence-electron chi connectivity index (χ1n) is 12.7. The van der Waals surface area contributed by atoms with E-state index in [1.165, 1.54) is 5.56 Å². The van der Waals surface area contributed by atoms with E-state index in [-0.39, 0.29) is 5.92 Å². The highest BCUT2D eigenvalue weighted by Crippen LogP contribution is 2.34. The van der Waals surface area contributed by atoms with Crippen LogP contribution in [-0.2, 0) is 11.2 Å². The van der Waals surface area contributed by atoms with Gasteiger partial charge in [0.05, 0.1) is 31.8 Å². The summed E-state index contributed by atoms with van der Waals surface area (Å²) in [6.07, 6.45) is 4.88. The molecule has 0 amide bonds. The van der Waals surface area contributed by atoms with Gasteiger partial charge in [-0.1, -0.05) is 18.2 Å². The maximum atomic E-state index is 12.1. The van der Waals surface area contributed by atoms with Gasteiger partial charge in [0, 0.05) is 18.1 Å². The number of carbonyl (C=O) groups is 1. The molecule has 1 unspecified atom stereocenters. The Morgan fingerprint density at radius 1 is 1.17 bits per heavy atom. The molecule has 1 fully saturated rings. The standard InChI is InChI=1S/C29H36N2O5/c1-35-22-10-11-26-24(18-22)23(13-15-30-26)27(32)12-9-20-14-17-31(19-25(20)29(33)34)16-5-7-21-6-3-4-8-28(21)36-2/h3-4,6,8,10-11,13,15,18,20,25,27,32H,5,7,9,12,14,16-17,19H2,1-2H3,(H,33,34)/t20-,25+,27?/m1/s1. The van der Waals surface area contributed by atoms with Crippen LogP contribution in [-0.4, -0.2) is 59.9 Å². The summed E-state index contributed by atoms with van der Waals surface area (Å²) in [5.74, 6) is 0.492. The predicted octanol–water partition coefficient (Wildman–Crippen LogP) is 4.72. The van der Waals surface area contributed by atoms with Gasteiger partial charge in [0.2, 0.25) is 0 Å². The number of hydrogen-bond acceptors (Lipinski definition) is 6. The third-order valence-corrected chi connectivity index (χ3v) is 7.42. The Hall–Kier alpha value is -3.16. The molecule has 2 aromatic carbocycles. The van der Waals surface area contributed by atoms with E-state index < -0.39 is 18.0 Å². The molecule has 0 bridgehead atoms. The maximum absolute atomic E-state index is 12.1. The lowest BCUT2D eigenvalue weighted by Gasteiger charge is -2.37. The Balaban J connectivity index is 1.33. The number of aliphatic carboxylic acids is 1. The molecule has 36 heavy (non-hydrogen) atoms. The van der Waals surface area contributed by atoms with Gasteiger partial charge in [0.25, 0.3) is 0 Å². The molecule has 1 aliphatic rings. The van der Waals surface area contributed by atoms with Crippen molar-refractivity contribution in [1.82, 2.24) is 9.88 Å². The number of nitrogens with zero attached hydrogens (tertiary/aromatic N) is 2. The molecule has 1 aliphatic heterocycles. The van der Waals surface area contributed by atoms with E-state index >= 15 is 0 Å². The zero-order valence-electron chi connectivity index (χ0n) is 21.1. The highest BCUT2D eigenvalue weighted by atomic mass is 16.5. The lowest BCUT2D eigenvalue weighted by atomic mass is 9.81. The smallest absolute Gasteiger partial charge is 0.308 e. The van der Waals surface area contributed by atoms with Crippen molar-refractivity contribution in [3.05, 3.63) is 65.9 Å². The fourth-order valence-electron chi connectivity index (χ4n) is 5.39. The number of carboxylic acid groups (broad SMARTS) is 1. The molecule has 0 saturated carbocycles. The van der Waals surface area contributed by atoms with Crippen molar-refractivity contribution in [2.75, 3.05) is 33.9 Å². The number of aliphatic hydroxyl groups excluding tert-OH is 1. The number of ether oxygens (including phenoxy) is 2. The number of aliphatic hydroxyl groups is 1. The van der Waals surface area contributed by atoms with Gasteiger partial charge in [0.15, 0.2) is 0 Å². The van der Waals surface area contributed by atoms with E-state index in [2.05, 4.69) is 16.0 Å². The number of benzene rings is 2. The van der Waals surface area contributed by atoms with E-state index in [0.29, 0.717) is 25.1 Å². The van der Waals surface area contributed by atoms with Gasteiger partial charge >= 0.3 is 5.97 Å². The Labute approximate surface area is 212 Å². The van der Waals surface area contributed by atoms with Crippen molar-refractivity contribution in [2.45, 2.75) is 38.2 Å². The zero-order valence-corrected chi connectivity index (χ0v) is 21.1. The summed E-state index contributed by atoms with van der Waals surface area (Å²) in [5.41, 5.74) is 2.79. The van der Waals surface area contributed by atoms with E-state index in [9.17, 15) is 15.0 Å². The predicted molar refractivity (Wildman–Crippen MR) is 139 cm³/mol. The van der Waals surface area contributed by atoms with Crippen molar-refractivity contribution in [3.63, 3.8) is 0 Å². The van der Waals surface area contributed by atoms with E-state index in [4.69, 9.17) is 9.47 Å². The third kappa shape index (κ3) is 6.15. The van der Waals surface area contributed by atoms with Crippen LogP contribution in [0.4, 0.5) is 0 Å². The first-order valence-corrected chi connectivity index (χ1v) is 12.7. The summed E-state index contributed by atoms with van der Waals surface area (Å²) >= 11 is 0. The van der Waals surface area contributed by atoms with E-state index in [0.717, 1.165) is 54.6 Å². The van der Waals surface area contributed by atoms with Crippen molar-refractivity contribution < 1.29 is 24.5 Å². The number of methoxy groups -OCH3 is 2. The minimum Gasteiger partial charge on any atom is -0.497 e. The number of carboxylic acids is 1. The average Bonchev–Trinajstić information content (AvgIpc) is 2.91. The molecule has 2 N–H and O–H groups in total. The summed E-state index contributed by atoms with van der Waals surface area (Å²) in [7, 11) is 3.30. The van der Waals surface area contributed by atoms with Crippen LogP contribution in [0, 0.1) is 11.8 Å². The number of rotatable bonds is 11. The molecule has 0 radical (unpaired) electrons. The van der Waals surface area contributed by atoms with E-state index in [1.54, 1.807) is 20.4 Å². The molecule has 3 aromatic rings. The van der Waals surface area contributed by atoms with Crippen LogP contribution >= 0.6 is 0 Å². The molecule has 4 rings (SSSR count). The van der Waals surface area contributed by atoms with Gasteiger partial charge in [-0.25, -0.2) is 0 Å². The van der Waals surface area contributed by atoms with E-state index in [1.807, 2.05) is 42.5 Å². The number of para-hydroxylation sites is 1. The number of piperidine rings is 1. The number of hydrogen-bond donors (Lipinski definition) is 2. The molecule has 1 saturated heterocycles. The number of pyridine rings is 1. The maximum Gasteiger partial charge on any atom is 0.308 e. The molecule has 7 heteroatoms. The van der Waals surface area contributed by atoms with Gasteiger partial charge in [-0.2, -0.15) is 0 Å². The number of aryl methyl sites for hydroxylation is 1.